The number of carbonyl (C=O) groups is 1. The lowest BCUT2D eigenvalue weighted by molar-refractivity contribution is 0.0975. The van der Waals surface area contributed by atoms with Gasteiger partial charge in [-0.1, -0.05) is 29.8 Å². The summed E-state index contributed by atoms with van der Waals surface area (Å²) in [5.74, 6) is 0.229. The molecule has 0 atom stereocenters. The normalized spacial score (nSPS) is 18.1. The van der Waals surface area contributed by atoms with Gasteiger partial charge in [0.1, 0.15) is 0 Å². The third-order valence-corrected chi connectivity index (χ3v) is 3.81. The number of ketones is 1. The molecule has 1 N–H and O–H groups in total. The lowest BCUT2D eigenvalue weighted by Gasteiger charge is -2.17. The Hall–Kier alpha value is -1.09. The second-order valence-corrected chi connectivity index (χ2v) is 5.96. The van der Waals surface area contributed by atoms with Gasteiger partial charge < -0.3 is 4.98 Å². The van der Waals surface area contributed by atoms with E-state index in [4.69, 9.17) is 0 Å². The minimum atomic E-state index is -0.0501. The molecule has 1 aliphatic rings. The molecule has 0 spiro atoms. The van der Waals surface area contributed by atoms with E-state index in [0.29, 0.717) is 6.42 Å². The van der Waals surface area contributed by atoms with Crippen molar-refractivity contribution in [2.24, 2.45) is 0 Å². The van der Waals surface area contributed by atoms with Gasteiger partial charge >= 0.3 is 0 Å². The number of hydrogen-bond donors (Lipinski definition) is 1. The van der Waals surface area contributed by atoms with Gasteiger partial charge in [-0.25, -0.2) is 0 Å². The van der Waals surface area contributed by atoms with E-state index in [1.807, 2.05) is 12.1 Å². The van der Waals surface area contributed by atoms with Crippen molar-refractivity contribution in [3.8, 4) is 0 Å². The Labute approximate surface area is 102 Å². The standard InChI is InChI=1S/C13H12BrNO/c1-13(2)6-10(16)12-11(13)8-5-7(14)3-4-9(8)15-12/h3-5,15H,6H2,1-2H3. The van der Waals surface area contributed by atoms with Crippen LogP contribution in [0.2, 0.25) is 0 Å². The minimum Gasteiger partial charge on any atom is -0.352 e. The van der Waals surface area contributed by atoms with Gasteiger partial charge in [-0.2, -0.15) is 0 Å². The summed E-state index contributed by atoms with van der Waals surface area (Å²) >= 11 is 3.48. The van der Waals surface area contributed by atoms with Crippen LogP contribution in [0.4, 0.5) is 0 Å². The van der Waals surface area contributed by atoms with E-state index in [9.17, 15) is 4.79 Å². The first-order chi connectivity index (χ1) is 7.49. The molecule has 0 unspecified atom stereocenters. The van der Waals surface area contributed by atoms with Gasteiger partial charge in [-0.3, -0.25) is 4.79 Å². The second kappa shape index (κ2) is 2.98. The fourth-order valence-electron chi connectivity index (χ4n) is 2.65. The van der Waals surface area contributed by atoms with E-state index in [-0.39, 0.29) is 11.2 Å². The maximum absolute atomic E-state index is 11.9. The highest BCUT2D eigenvalue weighted by molar-refractivity contribution is 9.10. The van der Waals surface area contributed by atoms with Crippen LogP contribution in [0.1, 0.15) is 36.3 Å². The number of halogens is 1. The summed E-state index contributed by atoms with van der Waals surface area (Å²) in [6, 6.07) is 6.09. The van der Waals surface area contributed by atoms with Crippen LogP contribution in [0, 0.1) is 0 Å². The second-order valence-electron chi connectivity index (χ2n) is 5.05. The van der Waals surface area contributed by atoms with Gasteiger partial charge in [0.15, 0.2) is 5.78 Å². The zero-order valence-electron chi connectivity index (χ0n) is 9.23. The largest absolute Gasteiger partial charge is 0.352 e. The quantitative estimate of drug-likeness (QED) is 0.781. The van der Waals surface area contributed by atoms with Gasteiger partial charge in [-0.15, -0.1) is 0 Å². The van der Waals surface area contributed by atoms with Crippen molar-refractivity contribution in [2.45, 2.75) is 25.7 Å². The Morgan fingerprint density at radius 1 is 1.38 bits per heavy atom. The molecule has 82 valence electrons. The molecule has 2 nitrogen and oxygen atoms in total. The number of fused-ring (bicyclic) bond motifs is 3. The lowest BCUT2D eigenvalue weighted by atomic mass is 9.86. The maximum atomic E-state index is 11.9. The van der Waals surface area contributed by atoms with Crippen LogP contribution < -0.4 is 0 Å². The number of H-pyrrole nitrogens is 1. The van der Waals surface area contributed by atoms with Crippen LogP contribution >= 0.6 is 15.9 Å². The highest BCUT2D eigenvalue weighted by atomic mass is 79.9. The Morgan fingerprint density at radius 2 is 2.12 bits per heavy atom. The molecule has 1 aromatic heterocycles. The number of carbonyl (C=O) groups excluding carboxylic acids is 1. The average Bonchev–Trinajstić information content (AvgIpc) is 2.64. The highest BCUT2D eigenvalue weighted by Crippen LogP contribution is 2.43. The van der Waals surface area contributed by atoms with Gasteiger partial charge in [0, 0.05) is 21.8 Å². The van der Waals surface area contributed by atoms with E-state index in [2.05, 4.69) is 40.8 Å². The first kappa shape index (κ1) is 10.1. The zero-order chi connectivity index (χ0) is 11.5. The molecule has 0 radical (unpaired) electrons. The first-order valence-corrected chi connectivity index (χ1v) is 6.13. The van der Waals surface area contributed by atoms with Crippen LogP contribution in [0.25, 0.3) is 10.9 Å². The maximum Gasteiger partial charge on any atom is 0.180 e. The fourth-order valence-corrected chi connectivity index (χ4v) is 3.02. The van der Waals surface area contributed by atoms with Crippen LogP contribution in [0.5, 0.6) is 0 Å². The minimum absolute atomic E-state index is 0.0501. The van der Waals surface area contributed by atoms with Crippen molar-refractivity contribution in [3.63, 3.8) is 0 Å². The van der Waals surface area contributed by atoms with E-state index >= 15 is 0 Å². The summed E-state index contributed by atoms with van der Waals surface area (Å²) in [6.07, 6.45) is 0.608. The Bertz CT molecular complexity index is 610. The third kappa shape index (κ3) is 1.21. The van der Waals surface area contributed by atoms with Crippen LogP contribution in [-0.4, -0.2) is 10.8 Å². The third-order valence-electron chi connectivity index (χ3n) is 3.32. The number of aromatic amines is 1. The van der Waals surface area contributed by atoms with Crippen molar-refractivity contribution < 1.29 is 4.79 Å². The average molecular weight is 278 g/mol. The molecule has 0 amide bonds. The molecule has 16 heavy (non-hydrogen) atoms. The van der Waals surface area contributed by atoms with Crippen molar-refractivity contribution in [1.29, 1.82) is 0 Å². The number of aromatic nitrogens is 1. The van der Waals surface area contributed by atoms with Crippen molar-refractivity contribution in [1.82, 2.24) is 4.98 Å². The van der Waals surface area contributed by atoms with Gasteiger partial charge in [-0.05, 0) is 29.2 Å². The van der Waals surface area contributed by atoms with Crippen molar-refractivity contribution in [2.75, 3.05) is 0 Å². The Morgan fingerprint density at radius 3 is 2.88 bits per heavy atom. The van der Waals surface area contributed by atoms with E-state index < -0.39 is 0 Å². The number of hydrogen-bond acceptors (Lipinski definition) is 1. The summed E-state index contributed by atoms with van der Waals surface area (Å²) in [5.41, 5.74) is 2.98. The lowest BCUT2D eigenvalue weighted by Crippen LogP contribution is -2.12. The predicted molar refractivity (Wildman–Crippen MR) is 68.0 cm³/mol. The Balaban J connectivity index is 2.44. The van der Waals surface area contributed by atoms with E-state index in [1.54, 1.807) is 0 Å². The van der Waals surface area contributed by atoms with E-state index in [1.165, 1.54) is 10.9 Å². The summed E-state index contributed by atoms with van der Waals surface area (Å²) in [5, 5.41) is 1.17. The van der Waals surface area contributed by atoms with Crippen LogP contribution in [-0.2, 0) is 5.41 Å². The molecule has 1 aliphatic carbocycles. The molecule has 3 heteroatoms. The molecular formula is C13H12BrNO. The molecule has 0 bridgehead atoms. The van der Waals surface area contributed by atoms with Gasteiger partial charge in [0.2, 0.25) is 0 Å². The summed E-state index contributed by atoms with van der Waals surface area (Å²) in [7, 11) is 0. The molecular weight excluding hydrogens is 266 g/mol. The summed E-state index contributed by atoms with van der Waals surface area (Å²) < 4.78 is 1.05. The number of rotatable bonds is 0. The molecule has 0 aliphatic heterocycles. The number of Topliss-reactive ketones (excluding diaryl/α,β-unsaturated/α-hetero) is 1. The molecule has 0 saturated heterocycles. The zero-order valence-corrected chi connectivity index (χ0v) is 10.8. The highest BCUT2D eigenvalue weighted by Gasteiger charge is 2.38. The molecule has 3 rings (SSSR count). The van der Waals surface area contributed by atoms with Crippen molar-refractivity contribution >= 4 is 32.6 Å². The monoisotopic (exact) mass is 277 g/mol. The van der Waals surface area contributed by atoms with Crippen molar-refractivity contribution in [3.05, 3.63) is 33.9 Å². The molecule has 1 heterocycles. The molecule has 2 aromatic rings. The number of benzene rings is 1. The number of nitrogens with one attached hydrogen (secondary N) is 1. The predicted octanol–water partition coefficient (Wildman–Crippen LogP) is 3.79. The Kier molecular flexibility index (Phi) is 1.88. The molecule has 1 aromatic carbocycles. The molecule has 0 saturated carbocycles. The summed E-state index contributed by atoms with van der Waals surface area (Å²) in [6.45, 7) is 4.26. The molecule has 0 fully saturated rings. The SMILES string of the molecule is CC1(C)CC(=O)c2[nH]c3ccc(Br)cc3c21. The van der Waals surface area contributed by atoms with Gasteiger partial charge in [0.25, 0.3) is 0 Å². The van der Waals surface area contributed by atoms with Crippen LogP contribution in [0.15, 0.2) is 22.7 Å². The topological polar surface area (TPSA) is 32.9 Å². The smallest absolute Gasteiger partial charge is 0.180 e. The summed E-state index contributed by atoms with van der Waals surface area (Å²) in [4.78, 5) is 15.1. The van der Waals surface area contributed by atoms with E-state index in [0.717, 1.165) is 15.7 Å². The first-order valence-electron chi connectivity index (χ1n) is 5.34. The fraction of sp³-hybridized carbons (Fsp3) is 0.308. The van der Waals surface area contributed by atoms with Gasteiger partial charge in [0.05, 0.1) is 5.69 Å². The van der Waals surface area contributed by atoms with Crippen LogP contribution in [0.3, 0.4) is 0 Å².